The number of anilines is 1. The van der Waals surface area contributed by atoms with Gasteiger partial charge in [0.1, 0.15) is 5.58 Å². The van der Waals surface area contributed by atoms with E-state index in [4.69, 9.17) is 4.42 Å². The zero-order valence-electron chi connectivity index (χ0n) is 6.65. The average Bonchev–Trinajstić information content (AvgIpc) is 2.46. The first-order valence-electron chi connectivity index (χ1n) is 3.67. The first-order chi connectivity index (χ1) is 5.77. The van der Waals surface area contributed by atoms with Gasteiger partial charge in [-0.1, -0.05) is 18.2 Å². The number of hydrogen-bond acceptors (Lipinski definition) is 3. The van der Waals surface area contributed by atoms with Crippen molar-refractivity contribution in [1.29, 1.82) is 0 Å². The van der Waals surface area contributed by atoms with Gasteiger partial charge in [-0.15, -0.1) is 0 Å². The van der Waals surface area contributed by atoms with Gasteiger partial charge in [0.05, 0.1) is 0 Å². The van der Waals surface area contributed by atoms with Crippen LogP contribution in [0.3, 0.4) is 0 Å². The second-order valence-corrected chi connectivity index (χ2v) is 2.62. The summed E-state index contributed by atoms with van der Waals surface area (Å²) in [6, 6.07) is 9.25. The van der Waals surface area contributed by atoms with Gasteiger partial charge in [-0.2, -0.15) is 0 Å². The molecule has 3 heteroatoms. The Morgan fingerprint density at radius 3 is 2.75 bits per heavy atom. The van der Waals surface area contributed by atoms with E-state index in [1.807, 2.05) is 24.3 Å². The highest BCUT2D eigenvalue weighted by Crippen LogP contribution is 2.24. The summed E-state index contributed by atoms with van der Waals surface area (Å²) in [6.45, 7) is 0. The number of nitrogens with zero attached hydrogens (tertiary/aromatic N) is 1. The minimum absolute atomic E-state index is 0.344. The van der Waals surface area contributed by atoms with Gasteiger partial charge in [-0.05, 0) is 13.1 Å². The largest absolute Gasteiger partial charge is 0.756 e. The van der Waals surface area contributed by atoms with Gasteiger partial charge in [0.25, 0.3) is 0 Å². The molecule has 1 heterocycles. The fraction of sp³-hybridized carbons (Fsp3) is 0.111. The topological polar surface area (TPSA) is 39.4 Å². The quantitative estimate of drug-likeness (QED) is 0.604. The molecular formula is C9H8NO2-. The van der Waals surface area contributed by atoms with Crippen molar-refractivity contribution < 1.29 is 4.42 Å². The average molecular weight is 162 g/mol. The molecule has 62 valence electrons. The maximum Gasteiger partial charge on any atom is 0.185 e. The van der Waals surface area contributed by atoms with Crippen LogP contribution in [-0.4, -0.2) is 7.05 Å². The van der Waals surface area contributed by atoms with E-state index in [9.17, 15) is 5.21 Å². The Morgan fingerprint density at radius 1 is 1.33 bits per heavy atom. The first-order valence-corrected chi connectivity index (χ1v) is 3.67. The van der Waals surface area contributed by atoms with Gasteiger partial charge >= 0.3 is 0 Å². The van der Waals surface area contributed by atoms with Crippen LogP contribution < -0.4 is 5.06 Å². The summed E-state index contributed by atoms with van der Waals surface area (Å²) in [5.74, 6) is 0.344. The van der Waals surface area contributed by atoms with Crippen LogP contribution in [-0.2, 0) is 0 Å². The number of furan rings is 1. The summed E-state index contributed by atoms with van der Waals surface area (Å²) in [6.07, 6.45) is 0. The lowest BCUT2D eigenvalue weighted by Gasteiger charge is -2.19. The summed E-state index contributed by atoms with van der Waals surface area (Å²) >= 11 is 0. The van der Waals surface area contributed by atoms with Gasteiger partial charge in [-0.25, -0.2) is 0 Å². The summed E-state index contributed by atoms with van der Waals surface area (Å²) in [5.41, 5.74) is 0.746. The molecule has 0 aliphatic carbocycles. The predicted molar refractivity (Wildman–Crippen MR) is 48.0 cm³/mol. The van der Waals surface area contributed by atoms with E-state index in [0.29, 0.717) is 10.9 Å². The summed E-state index contributed by atoms with van der Waals surface area (Å²) in [4.78, 5) is 0. The molecule has 0 N–H and O–H groups in total. The van der Waals surface area contributed by atoms with E-state index < -0.39 is 0 Å². The molecule has 12 heavy (non-hydrogen) atoms. The van der Waals surface area contributed by atoms with Crippen molar-refractivity contribution in [3.63, 3.8) is 0 Å². The molecule has 1 aromatic carbocycles. The van der Waals surface area contributed by atoms with Gasteiger partial charge in [0, 0.05) is 11.5 Å². The van der Waals surface area contributed by atoms with E-state index in [1.54, 1.807) is 6.07 Å². The van der Waals surface area contributed by atoms with Crippen molar-refractivity contribution in [2.75, 3.05) is 12.1 Å². The molecule has 0 atom stereocenters. The third kappa shape index (κ3) is 1.04. The Hall–Kier alpha value is -1.48. The summed E-state index contributed by atoms with van der Waals surface area (Å²) in [7, 11) is 1.41. The SMILES string of the molecule is CN([O-])c1cc2ccccc2o1. The molecule has 0 bridgehead atoms. The second kappa shape index (κ2) is 2.53. The third-order valence-electron chi connectivity index (χ3n) is 1.72. The molecule has 0 radical (unpaired) electrons. The monoisotopic (exact) mass is 162 g/mol. The van der Waals surface area contributed by atoms with E-state index in [1.165, 1.54) is 7.05 Å². The van der Waals surface area contributed by atoms with Gasteiger partial charge in [-0.3, -0.25) is 0 Å². The maximum atomic E-state index is 10.8. The van der Waals surface area contributed by atoms with E-state index in [-0.39, 0.29) is 0 Å². The Balaban J connectivity index is 2.62. The van der Waals surface area contributed by atoms with Crippen molar-refractivity contribution in [1.82, 2.24) is 0 Å². The summed E-state index contributed by atoms with van der Waals surface area (Å²) in [5, 5.41) is 12.5. The Bertz CT molecular complexity index is 359. The fourth-order valence-corrected chi connectivity index (χ4v) is 1.12. The molecule has 3 nitrogen and oxygen atoms in total. The van der Waals surface area contributed by atoms with Crippen molar-refractivity contribution in [2.45, 2.75) is 0 Å². The molecule has 0 saturated carbocycles. The Labute approximate surface area is 69.8 Å². The summed E-state index contributed by atoms with van der Waals surface area (Å²) < 4.78 is 5.24. The number of para-hydroxylation sites is 1. The lowest BCUT2D eigenvalue weighted by atomic mass is 10.3. The van der Waals surface area contributed by atoms with Crippen LogP contribution in [0.25, 0.3) is 11.0 Å². The van der Waals surface area contributed by atoms with Crippen LogP contribution in [0.1, 0.15) is 0 Å². The lowest BCUT2D eigenvalue weighted by molar-refractivity contribution is 0.615. The number of hydroxylamine groups is 1. The van der Waals surface area contributed by atoms with Crippen LogP contribution in [0.4, 0.5) is 5.88 Å². The molecule has 0 saturated heterocycles. The molecule has 0 aliphatic heterocycles. The highest BCUT2D eigenvalue weighted by molar-refractivity contribution is 5.80. The number of fused-ring (bicyclic) bond motifs is 1. The molecule has 2 aromatic rings. The number of hydrogen-bond donors (Lipinski definition) is 0. The van der Waals surface area contributed by atoms with Gasteiger partial charge < -0.3 is 14.7 Å². The molecule has 0 unspecified atom stereocenters. The van der Waals surface area contributed by atoms with E-state index >= 15 is 0 Å². The zero-order chi connectivity index (χ0) is 8.55. The molecule has 0 amide bonds. The Kier molecular flexibility index (Phi) is 1.52. The van der Waals surface area contributed by atoms with E-state index in [2.05, 4.69) is 0 Å². The fourth-order valence-electron chi connectivity index (χ4n) is 1.12. The molecule has 0 fully saturated rings. The standard InChI is InChI=1S/C9H8NO2/c1-10(11)9-6-7-4-2-3-5-8(7)12-9/h2-6H,1H3/q-1. The number of rotatable bonds is 1. The van der Waals surface area contributed by atoms with Crippen LogP contribution >= 0.6 is 0 Å². The minimum Gasteiger partial charge on any atom is -0.756 e. The van der Waals surface area contributed by atoms with Crippen LogP contribution in [0.5, 0.6) is 0 Å². The second-order valence-electron chi connectivity index (χ2n) is 2.62. The molecule has 0 spiro atoms. The predicted octanol–water partition coefficient (Wildman–Crippen LogP) is 2.37. The minimum atomic E-state index is 0.344. The van der Waals surface area contributed by atoms with Gasteiger partial charge in [0.15, 0.2) is 5.88 Å². The van der Waals surface area contributed by atoms with Crippen LogP contribution in [0, 0.1) is 5.21 Å². The van der Waals surface area contributed by atoms with E-state index in [0.717, 1.165) is 11.0 Å². The first kappa shape index (κ1) is 7.18. The van der Waals surface area contributed by atoms with Crippen LogP contribution in [0.2, 0.25) is 0 Å². The highest BCUT2D eigenvalue weighted by Gasteiger charge is 2.00. The zero-order valence-corrected chi connectivity index (χ0v) is 6.65. The third-order valence-corrected chi connectivity index (χ3v) is 1.72. The van der Waals surface area contributed by atoms with Crippen molar-refractivity contribution >= 4 is 16.9 Å². The normalized spacial score (nSPS) is 10.5. The van der Waals surface area contributed by atoms with Gasteiger partial charge in [0.2, 0.25) is 0 Å². The molecule has 1 aromatic heterocycles. The smallest absolute Gasteiger partial charge is 0.185 e. The highest BCUT2D eigenvalue weighted by atomic mass is 16.5. The molecule has 2 rings (SSSR count). The Morgan fingerprint density at radius 2 is 2.08 bits per heavy atom. The lowest BCUT2D eigenvalue weighted by Crippen LogP contribution is -2.03. The molecular weight excluding hydrogens is 154 g/mol. The van der Waals surface area contributed by atoms with Crippen molar-refractivity contribution in [2.24, 2.45) is 0 Å². The van der Waals surface area contributed by atoms with Crippen LogP contribution in [0.15, 0.2) is 34.7 Å². The van der Waals surface area contributed by atoms with Crippen molar-refractivity contribution in [3.8, 4) is 0 Å². The molecule has 0 aliphatic rings. The maximum absolute atomic E-state index is 10.8. The van der Waals surface area contributed by atoms with Crippen molar-refractivity contribution in [3.05, 3.63) is 35.5 Å². The number of benzene rings is 1.